The zero-order valence-electron chi connectivity index (χ0n) is 9.45. The minimum Gasteiger partial charge on any atom is -0.465 e. The molecular weight excluding hydrogens is 204 g/mol. The smallest absolute Gasteiger partial charge is 0.320 e. The Labute approximate surface area is 94.4 Å². The van der Waals surface area contributed by atoms with Gasteiger partial charge in [0.2, 0.25) is 0 Å². The molecule has 1 unspecified atom stereocenters. The number of carbonyl (C=O) groups excluding carboxylic acids is 2. The summed E-state index contributed by atoms with van der Waals surface area (Å²) < 4.78 is 4.97. The highest BCUT2D eigenvalue weighted by atomic mass is 16.5. The zero-order valence-corrected chi connectivity index (χ0v) is 9.45. The number of hydrogen-bond acceptors (Lipinski definition) is 3. The number of rotatable bonds is 2. The Morgan fingerprint density at radius 2 is 2.12 bits per heavy atom. The molecule has 0 saturated heterocycles. The average Bonchev–Trinajstić information content (AvgIpc) is 2.54. The van der Waals surface area contributed by atoms with Gasteiger partial charge in [0.05, 0.1) is 6.61 Å². The Hall–Kier alpha value is -1.64. The van der Waals surface area contributed by atoms with Gasteiger partial charge in [-0.25, -0.2) is 0 Å². The van der Waals surface area contributed by atoms with E-state index in [-0.39, 0.29) is 5.78 Å². The number of esters is 1. The monoisotopic (exact) mass is 218 g/mol. The molecule has 0 amide bonds. The Balaban J connectivity index is 2.37. The number of carbonyl (C=O) groups is 2. The number of ether oxygens (including phenoxy) is 1. The molecule has 84 valence electrons. The Morgan fingerprint density at radius 1 is 1.44 bits per heavy atom. The summed E-state index contributed by atoms with van der Waals surface area (Å²) in [6.07, 6.45) is 0.445. The van der Waals surface area contributed by atoms with E-state index in [1.165, 1.54) is 0 Å². The molecule has 3 nitrogen and oxygen atoms in total. The fourth-order valence-corrected chi connectivity index (χ4v) is 2.11. The van der Waals surface area contributed by atoms with Gasteiger partial charge in [-0.2, -0.15) is 0 Å². The Morgan fingerprint density at radius 3 is 2.75 bits per heavy atom. The minimum absolute atomic E-state index is 0.124. The first-order valence-corrected chi connectivity index (χ1v) is 5.39. The maximum absolute atomic E-state index is 12.1. The van der Waals surface area contributed by atoms with E-state index >= 15 is 0 Å². The molecule has 0 N–H and O–H groups in total. The fraction of sp³-hybridized carbons (Fsp3) is 0.385. The highest BCUT2D eigenvalue weighted by molar-refractivity contribution is 6.15. The van der Waals surface area contributed by atoms with Crippen LogP contribution >= 0.6 is 0 Å². The maximum atomic E-state index is 12.1. The second kappa shape index (κ2) is 3.74. The van der Waals surface area contributed by atoms with Crippen molar-refractivity contribution < 1.29 is 14.3 Å². The third-order valence-electron chi connectivity index (χ3n) is 3.03. The first-order chi connectivity index (χ1) is 7.59. The van der Waals surface area contributed by atoms with Crippen LogP contribution < -0.4 is 0 Å². The van der Waals surface area contributed by atoms with Crippen LogP contribution in [0.2, 0.25) is 0 Å². The quantitative estimate of drug-likeness (QED) is 0.563. The molecule has 0 heterocycles. The van der Waals surface area contributed by atoms with Crippen LogP contribution in [0.15, 0.2) is 24.3 Å². The molecule has 0 aliphatic heterocycles. The van der Waals surface area contributed by atoms with Gasteiger partial charge in [0.25, 0.3) is 0 Å². The number of ketones is 1. The van der Waals surface area contributed by atoms with Crippen molar-refractivity contribution in [2.75, 3.05) is 6.61 Å². The molecular formula is C13H14O3. The SMILES string of the molecule is CCOC(=O)C1(C)Cc2ccccc2C1=O. The lowest BCUT2D eigenvalue weighted by Gasteiger charge is -2.19. The molecule has 3 heteroatoms. The molecule has 0 aromatic heterocycles. The molecule has 1 aliphatic rings. The normalized spacial score (nSPS) is 23.0. The van der Waals surface area contributed by atoms with Gasteiger partial charge in [0, 0.05) is 5.56 Å². The van der Waals surface area contributed by atoms with E-state index in [0.29, 0.717) is 18.6 Å². The summed E-state index contributed by atoms with van der Waals surface area (Å²) in [6.45, 7) is 3.71. The summed E-state index contributed by atoms with van der Waals surface area (Å²) in [5.74, 6) is -0.544. The molecule has 1 aromatic rings. The predicted octanol–water partition coefficient (Wildman–Crippen LogP) is 1.99. The minimum atomic E-state index is -1.03. The summed E-state index contributed by atoms with van der Waals surface area (Å²) >= 11 is 0. The van der Waals surface area contributed by atoms with Gasteiger partial charge in [-0.3, -0.25) is 9.59 Å². The standard InChI is InChI=1S/C13H14O3/c1-3-16-12(15)13(2)8-9-6-4-5-7-10(9)11(13)14/h4-7H,3,8H2,1-2H3. The summed E-state index contributed by atoms with van der Waals surface area (Å²) in [6, 6.07) is 7.34. The van der Waals surface area contributed by atoms with Crippen LogP contribution in [0, 0.1) is 5.41 Å². The van der Waals surface area contributed by atoms with Crippen LogP contribution in [0.3, 0.4) is 0 Å². The highest BCUT2D eigenvalue weighted by Crippen LogP contribution is 2.37. The van der Waals surface area contributed by atoms with Gasteiger partial charge < -0.3 is 4.74 Å². The molecule has 0 bridgehead atoms. The van der Waals surface area contributed by atoms with Gasteiger partial charge in [-0.15, -0.1) is 0 Å². The molecule has 1 atom stereocenters. The number of benzene rings is 1. The van der Waals surface area contributed by atoms with Crippen molar-refractivity contribution in [2.45, 2.75) is 20.3 Å². The first kappa shape index (κ1) is 10.9. The molecule has 16 heavy (non-hydrogen) atoms. The lowest BCUT2D eigenvalue weighted by molar-refractivity contribution is -0.151. The van der Waals surface area contributed by atoms with Gasteiger partial charge >= 0.3 is 5.97 Å². The maximum Gasteiger partial charge on any atom is 0.320 e. The summed E-state index contributed by atoms with van der Waals surface area (Å²) in [5.41, 5.74) is 0.556. The summed E-state index contributed by atoms with van der Waals surface area (Å²) in [5, 5.41) is 0. The van der Waals surface area contributed by atoms with Gasteiger partial charge in [-0.05, 0) is 25.8 Å². The average molecular weight is 218 g/mol. The lowest BCUT2D eigenvalue weighted by atomic mass is 9.86. The molecule has 1 aromatic carbocycles. The van der Waals surface area contributed by atoms with E-state index in [2.05, 4.69) is 0 Å². The first-order valence-electron chi connectivity index (χ1n) is 5.39. The van der Waals surface area contributed by atoms with Crippen LogP contribution in [0.25, 0.3) is 0 Å². The van der Waals surface area contributed by atoms with Crippen molar-refractivity contribution in [3.05, 3.63) is 35.4 Å². The van der Waals surface area contributed by atoms with E-state index in [1.807, 2.05) is 18.2 Å². The van der Waals surface area contributed by atoms with Crippen molar-refractivity contribution in [1.82, 2.24) is 0 Å². The largest absolute Gasteiger partial charge is 0.465 e. The third kappa shape index (κ3) is 1.43. The van der Waals surface area contributed by atoms with Crippen molar-refractivity contribution in [2.24, 2.45) is 5.41 Å². The summed E-state index contributed by atoms with van der Waals surface area (Å²) in [7, 11) is 0. The lowest BCUT2D eigenvalue weighted by Crippen LogP contribution is -2.35. The van der Waals surface area contributed by atoms with Crippen LogP contribution in [-0.2, 0) is 16.0 Å². The number of Topliss-reactive ketones (excluding diaryl/α,β-unsaturated/α-hetero) is 1. The van der Waals surface area contributed by atoms with E-state index in [0.717, 1.165) is 5.56 Å². The third-order valence-corrected chi connectivity index (χ3v) is 3.03. The van der Waals surface area contributed by atoms with Crippen LogP contribution in [0.5, 0.6) is 0 Å². The summed E-state index contributed by atoms with van der Waals surface area (Å²) in [4.78, 5) is 23.9. The van der Waals surface area contributed by atoms with Crippen LogP contribution in [-0.4, -0.2) is 18.4 Å². The van der Waals surface area contributed by atoms with Gasteiger partial charge in [0.1, 0.15) is 5.41 Å². The molecule has 1 aliphatic carbocycles. The van der Waals surface area contributed by atoms with Crippen molar-refractivity contribution >= 4 is 11.8 Å². The van der Waals surface area contributed by atoms with E-state index in [1.54, 1.807) is 19.9 Å². The molecule has 0 radical (unpaired) electrons. The van der Waals surface area contributed by atoms with Crippen LogP contribution in [0.1, 0.15) is 29.8 Å². The highest BCUT2D eigenvalue weighted by Gasteiger charge is 2.48. The zero-order chi connectivity index (χ0) is 11.8. The molecule has 0 saturated carbocycles. The second-order valence-electron chi connectivity index (χ2n) is 4.22. The number of hydrogen-bond donors (Lipinski definition) is 0. The second-order valence-corrected chi connectivity index (χ2v) is 4.22. The fourth-order valence-electron chi connectivity index (χ4n) is 2.11. The van der Waals surface area contributed by atoms with Gasteiger partial charge in [0.15, 0.2) is 5.78 Å². The predicted molar refractivity (Wildman–Crippen MR) is 59.2 cm³/mol. The van der Waals surface area contributed by atoms with Crippen LogP contribution in [0.4, 0.5) is 0 Å². The van der Waals surface area contributed by atoms with E-state index < -0.39 is 11.4 Å². The van der Waals surface area contributed by atoms with Gasteiger partial charge in [-0.1, -0.05) is 24.3 Å². The topological polar surface area (TPSA) is 43.4 Å². The van der Waals surface area contributed by atoms with Crippen molar-refractivity contribution in [3.63, 3.8) is 0 Å². The van der Waals surface area contributed by atoms with Crippen molar-refractivity contribution in [1.29, 1.82) is 0 Å². The molecule has 0 spiro atoms. The Bertz CT molecular complexity index is 450. The number of fused-ring (bicyclic) bond motifs is 1. The van der Waals surface area contributed by atoms with E-state index in [9.17, 15) is 9.59 Å². The molecule has 0 fully saturated rings. The molecule has 2 rings (SSSR count). The van der Waals surface area contributed by atoms with Crippen molar-refractivity contribution in [3.8, 4) is 0 Å². The Kier molecular flexibility index (Phi) is 2.54. The van der Waals surface area contributed by atoms with E-state index in [4.69, 9.17) is 4.74 Å².